The normalized spacial score (nSPS) is 10.6. The molecule has 3 aromatic heterocycles. The van der Waals surface area contributed by atoms with Gasteiger partial charge in [-0.1, -0.05) is 60.7 Å². The number of hydrogen-bond acceptors (Lipinski definition) is 6. The minimum atomic E-state index is -0.649. The fourth-order valence-corrected chi connectivity index (χ4v) is 3.91. The predicted octanol–water partition coefficient (Wildman–Crippen LogP) is 8.96. The molecule has 1 atom stereocenters. The van der Waals surface area contributed by atoms with Crippen LogP contribution < -0.4 is 0 Å². The van der Waals surface area contributed by atoms with Gasteiger partial charge in [-0.3, -0.25) is 13.8 Å². The van der Waals surface area contributed by atoms with Gasteiger partial charge in [-0.05, 0) is 66.3 Å². The van der Waals surface area contributed by atoms with Crippen molar-refractivity contribution in [3.05, 3.63) is 170 Å². The predicted molar refractivity (Wildman–Crippen MR) is 178 cm³/mol. The van der Waals surface area contributed by atoms with Crippen LogP contribution in [-0.4, -0.2) is 36.4 Å². The smallest absolute Gasteiger partial charge is 0.134 e. The first-order chi connectivity index (χ1) is 22.2. The molecule has 48 heavy (non-hydrogen) atoms. The van der Waals surface area contributed by atoms with E-state index < -0.39 is 17.7 Å². The van der Waals surface area contributed by atoms with Gasteiger partial charge in [0.2, 0.25) is 0 Å². The molecular weight excluding hydrogens is 969 g/mol. The number of aliphatic hydroxyl groups excluding tert-OH is 3. The van der Waals surface area contributed by atoms with Crippen molar-refractivity contribution in [2.24, 2.45) is 0 Å². The van der Waals surface area contributed by atoms with Gasteiger partial charge >= 0.3 is 0 Å². The Hall–Kier alpha value is -4.43. The molecule has 0 amide bonds. The van der Waals surface area contributed by atoms with Crippen molar-refractivity contribution in [3.63, 3.8) is 0 Å². The molecule has 0 saturated carbocycles. The summed E-state index contributed by atoms with van der Waals surface area (Å²) < 4.78 is 25.8. The number of nitrogens with zero attached hydrogens (tertiary/aromatic N) is 3. The van der Waals surface area contributed by atoms with Crippen LogP contribution in [0.4, 0.5) is 8.78 Å². The minimum absolute atomic E-state index is 0. The molecule has 6 nitrogen and oxygen atoms in total. The zero-order valence-corrected chi connectivity index (χ0v) is 30.8. The van der Waals surface area contributed by atoms with Gasteiger partial charge in [0.25, 0.3) is 0 Å². The van der Waals surface area contributed by atoms with Gasteiger partial charge in [0.05, 0.1) is 11.9 Å². The van der Waals surface area contributed by atoms with E-state index in [1.54, 1.807) is 55.7 Å². The van der Waals surface area contributed by atoms with Gasteiger partial charge in [0, 0.05) is 70.4 Å². The molecule has 0 saturated heterocycles. The number of allylic oxidation sites excluding steroid dienone is 1. The number of benzene rings is 3. The van der Waals surface area contributed by atoms with E-state index in [1.165, 1.54) is 23.8 Å². The zero-order valence-electron chi connectivity index (χ0n) is 26.0. The van der Waals surface area contributed by atoms with Gasteiger partial charge in [0.15, 0.2) is 0 Å². The maximum Gasteiger partial charge on any atom is 0.134 e. The largest absolute Gasteiger partial charge is 0.513 e. The average Bonchev–Trinajstić information content (AvgIpc) is 3.06. The van der Waals surface area contributed by atoms with Crippen LogP contribution in [0.15, 0.2) is 140 Å². The Bertz CT molecular complexity index is 1840. The van der Waals surface area contributed by atoms with E-state index in [2.05, 4.69) is 45.8 Å². The van der Waals surface area contributed by atoms with E-state index in [9.17, 15) is 8.78 Å². The summed E-state index contributed by atoms with van der Waals surface area (Å²) in [7, 11) is 0. The molecule has 3 aromatic carbocycles. The Labute approximate surface area is 306 Å². The van der Waals surface area contributed by atoms with Crippen molar-refractivity contribution >= 4 is 16.5 Å². The standard InChI is InChI=1S/C15H10N.C11H6F2N.C7H7NO.C5H10O2.2Ir/c1-2-7-13(8-3-1)15-14-9-5-4-6-12(14)10-11-16-15;12-8-4-5-9(10(13)7-8)11-3-1-2-6-14-11;1-6(9)7-4-2-3-5-8-7;1-4(6)3-5(2)7;;/h1-7,9-11H;1-4,6-7H;2-5,9H,1H2;3-4,6-7H,1-2H3;;/q2*-1;;;;. The summed E-state index contributed by atoms with van der Waals surface area (Å²) in [6, 6.07) is 36.3. The third kappa shape index (κ3) is 14.1. The van der Waals surface area contributed by atoms with Crippen molar-refractivity contribution in [1.82, 2.24) is 15.0 Å². The molecule has 2 radical (unpaired) electrons. The first-order valence-electron chi connectivity index (χ1n) is 14.1. The van der Waals surface area contributed by atoms with E-state index in [-0.39, 0.29) is 57.3 Å². The minimum Gasteiger partial charge on any atom is -0.513 e. The van der Waals surface area contributed by atoms with E-state index in [4.69, 9.17) is 15.3 Å². The average molecular weight is 1000 g/mol. The van der Waals surface area contributed by atoms with Crippen molar-refractivity contribution in [2.75, 3.05) is 0 Å². The second kappa shape index (κ2) is 22.2. The Morgan fingerprint density at radius 1 is 0.812 bits per heavy atom. The fraction of sp³-hybridized carbons (Fsp3) is 0.0789. The SMILES string of the molecule is C=C(O)c1ccccn1.CC(O)=CC(C)O.Fc1c[c-]c(-c2ccccn2)c(F)c1.[Ir].[Ir].[c-]1ccccc1-c1nccc2ccccc12. The zero-order chi connectivity index (χ0) is 33.3. The summed E-state index contributed by atoms with van der Waals surface area (Å²) in [6.45, 7) is 6.42. The number of halogens is 2. The van der Waals surface area contributed by atoms with Gasteiger partial charge in [-0.2, -0.15) is 0 Å². The second-order valence-electron chi connectivity index (χ2n) is 9.62. The number of rotatable bonds is 4. The van der Waals surface area contributed by atoms with Gasteiger partial charge in [0.1, 0.15) is 11.5 Å². The third-order valence-corrected chi connectivity index (χ3v) is 5.86. The van der Waals surface area contributed by atoms with Crippen LogP contribution in [0.1, 0.15) is 19.5 Å². The van der Waals surface area contributed by atoms with Crippen molar-refractivity contribution in [2.45, 2.75) is 20.0 Å². The second-order valence-corrected chi connectivity index (χ2v) is 9.62. The van der Waals surface area contributed by atoms with Crippen LogP contribution in [0, 0.1) is 23.8 Å². The van der Waals surface area contributed by atoms with Crippen molar-refractivity contribution in [3.8, 4) is 22.5 Å². The fourth-order valence-electron chi connectivity index (χ4n) is 3.91. The van der Waals surface area contributed by atoms with Crippen LogP contribution in [0.25, 0.3) is 39.0 Å². The summed E-state index contributed by atoms with van der Waals surface area (Å²) in [5.74, 6) is -1.11. The molecule has 1 unspecified atom stereocenters. The van der Waals surface area contributed by atoms with Crippen LogP contribution >= 0.6 is 0 Å². The quantitative estimate of drug-likeness (QED) is 0.121. The number of pyridine rings is 3. The molecule has 0 aliphatic carbocycles. The van der Waals surface area contributed by atoms with E-state index >= 15 is 0 Å². The first kappa shape index (κ1) is 41.6. The Kier molecular flexibility index (Phi) is 19.2. The molecular formula is C38H33F2Ir2N3O3-2. The Morgan fingerprint density at radius 2 is 1.48 bits per heavy atom. The van der Waals surface area contributed by atoms with Crippen LogP contribution in [0.3, 0.4) is 0 Å². The van der Waals surface area contributed by atoms with Crippen LogP contribution in [-0.2, 0) is 40.2 Å². The third-order valence-electron chi connectivity index (χ3n) is 5.86. The summed E-state index contributed by atoms with van der Waals surface area (Å²) >= 11 is 0. The summed E-state index contributed by atoms with van der Waals surface area (Å²) in [6.07, 6.45) is 5.83. The molecule has 0 aliphatic rings. The molecule has 3 heterocycles. The van der Waals surface area contributed by atoms with Gasteiger partial charge < -0.3 is 25.3 Å². The van der Waals surface area contributed by atoms with Gasteiger partial charge in [-0.25, -0.2) is 0 Å². The van der Waals surface area contributed by atoms with E-state index in [0.717, 1.165) is 23.4 Å². The van der Waals surface area contributed by atoms with Gasteiger partial charge in [-0.15, -0.1) is 48.0 Å². The molecule has 3 N–H and O–H groups in total. The summed E-state index contributed by atoms with van der Waals surface area (Å²) in [4.78, 5) is 12.2. The van der Waals surface area contributed by atoms with Crippen molar-refractivity contribution < 1.29 is 64.3 Å². The van der Waals surface area contributed by atoms with Crippen LogP contribution in [0.5, 0.6) is 0 Å². The summed E-state index contributed by atoms with van der Waals surface area (Å²) in [5.41, 5.74) is 3.20. The Balaban J connectivity index is 0.000000331. The Morgan fingerprint density at radius 3 is 2.00 bits per heavy atom. The summed E-state index contributed by atoms with van der Waals surface area (Å²) in [5, 5.41) is 28.1. The number of fused-ring (bicyclic) bond motifs is 1. The molecule has 6 aromatic rings. The van der Waals surface area contributed by atoms with Crippen LogP contribution in [0.2, 0.25) is 0 Å². The number of aliphatic hydroxyl groups is 3. The maximum atomic E-state index is 13.2. The topological polar surface area (TPSA) is 99.4 Å². The molecule has 6 rings (SSSR count). The molecule has 0 aliphatic heterocycles. The molecule has 252 valence electrons. The van der Waals surface area contributed by atoms with E-state index in [1.807, 2.05) is 48.7 Å². The number of aromatic nitrogens is 3. The molecule has 0 bridgehead atoms. The van der Waals surface area contributed by atoms with E-state index in [0.29, 0.717) is 11.4 Å². The first-order valence-corrected chi connectivity index (χ1v) is 14.1. The maximum absolute atomic E-state index is 13.2. The molecule has 10 heteroatoms. The monoisotopic (exact) mass is 1000 g/mol. The number of hydrogen-bond donors (Lipinski definition) is 3. The van der Waals surface area contributed by atoms with Crippen molar-refractivity contribution in [1.29, 1.82) is 0 Å². The molecule has 0 fully saturated rings. The molecule has 0 spiro atoms.